The van der Waals surface area contributed by atoms with Crippen molar-refractivity contribution in [3.05, 3.63) is 28.2 Å². The molecule has 0 atom stereocenters. The largest absolute Gasteiger partial charge is 0.490 e. The summed E-state index contributed by atoms with van der Waals surface area (Å²) in [6.45, 7) is 0.795. The number of ether oxygens (including phenoxy) is 1. The van der Waals surface area contributed by atoms with Gasteiger partial charge in [0.25, 0.3) is 0 Å². The molecule has 1 amide bonds. The molecule has 0 spiro atoms. The fourth-order valence-electron chi connectivity index (χ4n) is 0.991. The summed E-state index contributed by atoms with van der Waals surface area (Å²) in [6, 6.07) is 4.99. The molecule has 0 heterocycles. The van der Waals surface area contributed by atoms with Crippen LogP contribution in [0.5, 0.6) is 5.75 Å². The third kappa shape index (κ3) is 4.60. The van der Waals surface area contributed by atoms with Crippen molar-refractivity contribution < 1.29 is 9.53 Å². The van der Waals surface area contributed by atoms with Crippen LogP contribution in [0, 0.1) is 0 Å². The molecule has 0 fully saturated rings. The van der Waals surface area contributed by atoms with Crippen LogP contribution in [0.25, 0.3) is 0 Å². The lowest BCUT2D eigenvalue weighted by molar-refractivity contribution is -0.118. The minimum Gasteiger partial charge on any atom is -0.490 e. The number of carbonyl (C=O) groups excluding carboxylic acids is 1. The topological polar surface area (TPSA) is 38.3 Å². The molecule has 0 radical (unpaired) electrons. The van der Waals surface area contributed by atoms with E-state index in [-0.39, 0.29) is 11.2 Å². The standard InChI is InChI=1S/C10H10BrCl2NO2/c11-6-10(15)14-3-4-16-9-2-1-7(12)5-8(9)13/h1-2,5H,3-4,6H2,(H,14,15). The number of amides is 1. The molecule has 6 heteroatoms. The molecule has 1 aromatic rings. The molecule has 0 aliphatic rings. The molecular formula is C10H10BrCl2NO2. The Morgan fingerprint density at radius 1 is 1.44 bits per heavy atom. The lowest BCUT2D eigenvalue weighted by Gasteiger charge is -2.08. The van der Waals surface area contributed by atoms with Gasteiger partial charge in [-0.1, -0.05) is 39.1 Å². The third-order valence-electron chi connectivity index (χ3n) is 1.70. The number of hydrogen-bond donors (Lipinski definition) is 1. The highest BCUT2D eigenvalue weighted by molar-refractivity contribution is 9.09. The normalized spacial score (nSPS) is 9.94. The van der Waals surface area contributed by atoms with Crippen molar-refractivity contribution in [2.45, 2.75) is 0 Å². The van der Waals surface area contributed by atoms with Crippen LogP contribution < -0.4 is 10.1 Å². The van der Waals surface area contributed by atoms with E-state index >= 15 is 0 Å². The van der Waals surface area contributed by atoms with Crippen molar-refractivity contribution >= 4 is 45.0 Å². The van der Waals surface area contributed by atoms with Gasteiger partial charge < -0.3 is 10.1 Å². The monoisotopic (exact) mass is 325 g/mol. The number of carbonyl (C=O) groups is 1. The van der Waals surface area contributed by atoms with E-state index in [2.05, 4.69) is 21.2 Å². The number of hydrogen-bond acceptors (Lipinski definition) is 2. The lowest BCUT2D eigenvalue weighted by atomic mass is 10.3. The van der Waals surface area contributed by atoms with E-state index in [0.29, 0.717) is 28.9 Å². The molecular weight excluding hydrogens is 317 g/mol. The first-order chi connectivity index (χ1) is 7.63. The van der Waals surface area contributed by atoms with Gasteiger partial charge in [-0.25, -0.2) is 0 Å². The Bertz CT molecular complexity index is 374. The van der Waals surface area contributed by atoms with Crippen molar-refractivity contribution in [1.82, 2.24) is 5.32 Å². The van der Waals surface area contributed by atoms with E-state index < -0.39 is 0 Å². The molecule has 88 valence electrons. The second-order valence-corrected chi connectivity index (χ2v) is 4.31. The maximum Gasteiger partial charge on any atom is 0.230 e. The van der Waals surface area contributed by atoms with Gasteiger partial charge in [0.15, 0.2) is 0 Å². The van der Waals surface area contributed by atoms with E-state index in [1.54, 1.807) is 18.2 Å². The molecule has 0 unspecified atom stereocenters. The first-order valence-electron chi connectivity index (χ1n) is 4.54. The van der Waals surface area contributed by atoms with Crippen molar-refractivity contribution in [2.24, 2.45) is 0 Å². The zero-order chi connectivity index (χ0) is 12.0. The van der Waals surface area contributed by atoms with Gasteiger partial charge in [0.05, 0.1) is 16.9 Å². The summed E-state index contributed by atoms with van der Waals surface area (Å²) in [5.41, 5.74) is 0. The molecule has 0 saturated carbocycles. The Balaban J connectivity index is 2.35. The molecule has 3 nitrogen and oxygen atoms in total. The van der Waals surface area contributed by atoms with Crippen molar-refractivity contribution in [2.75, 3.05) is 18.5 Å². The fraction of sp³-hybridized carbons (Fsp3) is 0.300. The molecule has 0 saturated heterocycles. The van der Waals surface area contributed by atoms with Crippen LogP contribution in [-0.4, -0.2) is 24.4 Å². The maximum absolute atomic E-state index is 10.9. The summed E-state index contributed by atoms with van der Waals surface area (Å²) in [4.78, 5) is 10.9. The highest BCUT2D eigenvalue weighted by Gasteiger charge is 2.02. The average molecular weight is 327 g/mol. The van der Waals surface area contributed by atoms with E-state index in [9.17, 15) is 4.79 Å². The summed E-state index contributed by atoms with van der Waals surface area (Å²) in [7, 11) is 0. The SMILES string of the molecule is O=C(CBr)NCCOc1ccc(Cl)cc1Cl. The van der Waals surface area contributed by atoms with E-state index in [4.69, 9.17) is 27.9 Å². The summed E-state index contributed by atoms with van der Waals surface area (Å²) < 4.78 is 5.37. The number of alkyl halides is 1. The number of benzene rings is 1. The fourth-order valence-corrected chi connectivity index (χ4v) is 1.65. The zero-order valence-electron chi connectivity index (χ0n) is 8.30. The van der Waals surface area contributed by atoms with Crippen LogP contribution in [-0.2, 0) is 4.79 Å². The van der Waals surface area contributed by atoms with Gasteiger partial charge in [0.1, 0.15) is 12.4 Å². The smallest absolute Gasteiger partial charge is 0.230 e. The van der Waals surface area contributed by atoms with Gasteiger partial charge >= 0.3 is 0 Å². The molecule has 0 aromatic heterocycles. The molecule has 16 heavy (non-hydrogen) atoms. The van der Waals surface area contributed by atoms with Crippen molar-refractivity contribution in [1.29, 1.82) is 0 Å². The lowest BCUT2D eigenvalue weighted by Crippen LogP contribution is -2.28. The Morgan fingerprint density at radius 2 is 2.19 bits per heavy atom. The highest BCUT2D eigenvalue weighted by atomic mass is 79.9. The maximum atomic E-state index is 10.9. The Morgan fingerprint density at radius 3 is 2.81 bits per heavy atom. The van der Waals surface area contributed by atoms with Crippen molar-refractivity contribution in [3.8, 4) is 5.75 Å². The van der Waals surface area contributed by atoms with Crippen LogP contribution in [0.2, 0.25) is 10.0 Å². The van der Waals surface area contributed by atoms with Crippen LogP contribution in [0.1, 0.15) is 0 Å². The Kier molecular flexibility index (Phi) is 5.95. The first-order valence-corrected chi connectivity index (χ1v) is 6.41. The van der Waals surface area contributed by atoms with Crippen LogP contribution in [0.15, 0.2) is 18.2 Å². The molecule has 0 bridgehead atoms. The molecule has 0 aliphatic heterocycles. The van der Waals surface area contributed by atoms with Crippen LogP contribution in [0.4, 0.5) is 0 Å². The molecule has 1 N–H and O–H groups in total. The van der Waals surface area contributed by atoms with Gasteiger partial charge in [0, 0.05) is 5.02 Å². The quantitative estimate of drug-likeness (QED) is 0.667. The minimum atomic E-state index is -0.0780. The molecule has 0 aliphatic carbocycles. The number of nitrogens with one attached hydrogen (secondary N) is 1. The van der Waals surface area contributed by atoms with E-state index in [1.165, 1.54) is 0 Å². The van der Waals surface area contributed by atoms with Gasteiger partial charge in [-0.05, 0) is 18.2 Å². The average Bonchev–Trinajstić information content (AvgIpc) is 2.26. The predicted molar refractivity (Wildman–Crippen MR) is 68.8 cm³/mol. The summed E-state index contributed by atoms with van der Waals surface area (Å²) >= 11 is 14.7. The van der Waals surface area contributed by atoms with Gasteiger partial charge in [-0.2, -0.15) is 0 Å². The predicted octanol–water partition coefficient (Wildman–Crippen LogP) is 2.88. The Hall–Kier alpha value is -0.450. The van der Waals surface area contributed by atoms with Gasteiger partial charge in [0.2, 0.25) is 5.91 Å². The third-order valence-corrected chi connectivity index (χ3v) is 2.74. The summed E-state index contributed by atoms with van der Waals surface area (Å²) in [5.74, 6) is 0.477. The second-order valence-electron chi connectivity index (χ2n) is 2.91. The molecule has 1 rings (SSSR count). The number of halogens is 3. The van der Waals surface area contributed by atoms with Gasteiger partial charge in [-0.3, -0.25) is 4.79 Å². The first kappa shape index (κ1) is 13.6. The Labute approximate surface area is 112 Å². The van der Waals surface area contributed by atoms with E-state index in [1.807, 2.05) is 0 Å². The van der Waals surface area contributed by atoms with Crippen LogP contribution in [0.3, 0.4) is 0 Å². The summed E-state index contributed by atoms with van der Waals surface area (Å²) in [6.07, 6.45) is 0. The minimum absolute atomic E-state index is 0.0780. The van der Waals surface area contributed by atoms with Gasteiger partial charge in [-0.15, -0.1) is 0 Å². The zero-order valence-corrected chi connectivity index (χ0v) is 11.4. The number of rotatable bonds is 5. The van der Waals surface area contributed by atoms with Crippen molar-refractivity contribution in [3.63, 3.8) is 0 Å². The summed E-state index contributed by atoms with van der Waals surface area (Å²) in [5, 5.41) is 3.96. The second kappa shape index (κ2) is 6.99. The van der Waals surface area contributed by atoms with Crippen LogP contribution >= 0.6 is 39.1 Å². The molecule has 1 aromatic carbocycles. The van der Waals surface area contributed by atoms with E-state index in [0.717, 1.165) is 0 Å². The highest BCUT2D eigenvalue weighted by Crippen LogP contribution is 2.27.